The molecule has 6 heteroatoms. The van der Waals surface area contributed by atoms with Crippen LogP contribution in [0, 0.1) is 0 Å². The molecule has 72 valence electrons. The summed E-state index contributed by atoms with van der Waals surface area (Å²) in [5.74, 6) is 0. The van der Waals surface area contributed by atoms with Gasteiger partial charge in [0.15, 0.2) is 0 Å². The van der Waals surface area contributed by atoms with Crippen LogP contribution in [0.1, 0.15) is 6.92 Å². The first kappa shape index (κ1) is 13.9. The molecule has 0 saturated heterocycles. The first-order valence-corrected chi connectivity index (χ1v) is 5.25. The predicted octanol–water partition coefficient (Wildman–Crippen LogP) is -1.97. The Hall–Kier alpha value is -0.0700. The topological polar surface area (TPSA) is 69.2 Å². The molecule has 0 fully saturated rings. The monoisotopic (exact) mass is 223 g/mol. The van der Waals surface area contributed by atoms with Gasteiger partial charge in [0, 0.05) is 6.54 Å². The van der Waals surface area contributed by atoms with Crippen LogP contribution in [0.4, 0.5) is 5.69 Å². The summed E-state index contributed by atoms with van der Waals surface area (Å²) in [6.45, 7) is 2.40. The van der Waals surface area contributed by atoms with Crippen LogP contribution >= 0.6 is 0 Å². The van der Waals surface area contributed by atoms with Crippen LogP contribution in [0.2, 0.25) is 0 Å². The number of para-hydroxylation sites is 1. The molecule has 0 heterocycles. The van der Waals surface area contributed by atoms with Gasteiger partial charge in [-0.15, -0.1) is 0 Å². The summed E-state index contributed by atoms with van der Waals surface area (Å²) in [7, 11) is -4.37. The van der Waals surface area contributed by atoms with E-state index in [0.29, 0.717) is 12.2 Å². The smallest absolute Gasteiger partial charge is 0.744 e. The van der Waals surface area contributed by atoms with Crippen LogP contribution in [-0.2, 0) is 10.1 Å². The van der Waals surface area contributed by atoms with Crippen LogP contribution in [0.15, 0.2) is 29.2 Å². The molecule has 1 N–H and O–H groups in total. The van der Waals surface area contributed by atoms with Crippen molar-refractivity contribution >= 4 is 15.8 Å². The second-order valence-electron chi connectivity index (χ2n) is 2.48. The molecule has 0 unspecified atom stereocenters. The zero-order valence-corrected chi connectivity index (χ0v) is 11.0. The number of nitrogens with one attached hydrogen (secondary N) is 1. The maximum atomic E-state index is 10.7. The molecule has 0 aliphatic carbocycles. The molecule has 0 aromatic heterocycles. The van der Waals surface area contributed by atoms with E-state index in [1.807, 2.05) is 6.92 Å². The average molecular weight is 223 g/mol. The molecular formula is C8H10NNaO3S. The van der Waals surface area contributed by atoms with E-state index in [2.05, 4.69) is 5.32 Å². The van der Waals surface area contributed by atoms with Crippen molar-refractivity contribution in [3.05, 3.63) is 24.3 Å². The predicted molar refractivity (Wildman–Crippen MR) is 48.6 cm³/mol. The van der Waals surface area contributed by atoms with Crippen LogP contribution in [0.25, 0.3) is 0 Å². The van der Waals surface area contributed by atoms with Gasteiger partial charge in [-0.1, -0.05) is 12.1 Å². The van der Waals surface area contributed by atoms with Crippen molar-refractivity contribution in [3.63, 3.8) is 0 Å². The van der Waals surface area contributed by atoms with Gasteiger partial charge >= 0.3 is 29.6 Å². The van der Waals surface area contributed by atoms with Gasteiger partial charge in [0.25, 0.3) is 0 Å². The molecule has 0 amide bonds. The molecule has 1 aromatic rings. The summed E-state index contributed by atoms with van der Waals surface area (Å²) in [5, 5.41) is 2.80. The number of anilines is 1. The quantitative estimate of drug-likeness (QED) is 0.476. The fraction of sp³-hybridized carbons (Fsp3) is 0.250. The van der Waals surface area contributed by atoms with Gasteiger partial charge in [-0.2, -0.15) is 0 Å². The molecule has 0 aliphatic heterocycles. The zero-order chi connectivity index (χ0) is 9.90. The largest absolute Gasteiger partial charge is 1.00 e. The van der Waals surface area contributed by atoms with Crippen molar-refractivity contribution in [1.82, 2.24) is 0 Å². The Bertz CT molecular complexity index is 391. The van der Waals surface area contributed by atoms with E-state index in [1.165, 1.54) is 12.1 Å². The van der Waals surface area contributed by atoms with Gasteiger partial charge in [0.05, 0.1) is 10.6 Å². The van der Waals surface area contributed by atoms with Crippen molar-refractivity contribution in [2.45, 2.75) is 11.8 Å². The fourth-order valence-electron chi connectivity index (χ4n) is 1.02. The Balaban J connectivity index is 0.00000169. The van der Waals surface area contributed by atoms with E-state index in [1.54, 1.807) is 12.1 Å². The minimum atomic E-state index is -4.37. The van der Waals surface area contributed by atoms with Crippen molar-refractivity contribution in [1.29, 1.82) is 0 Å². The molecule has 4 nitrogen and oxygen atoms in total. The van der Waals surface area contributed by atoms with E-state index in [4.69, 9.17) is 0 Å². The van der Waals surface area contributed by atoms with Crippen LogP contribution < -0.4 is 34.9 Å². The molecule has 0 saturated carbocycles. The summed E-state index contributed by atoms with van der Waals surface area (Å²) in [4.78, 5) is -0.197. The number of benzene rings is 1. The van der Waals surface area contributed by atoms with Gasteiger partial charge in [0.2, 0.25) is 0 Å². The minimum absolute atomic E-state index is 0. The second-order valence-corrected chi connectivity index (χ2v) is 3.83. The van der Waals surface area contributed by atoms with Gasteiger partial charge in [0.1, 0.15) is 10.1 Å². The maximum Gasteiger partial charge on any atom is 1.00 e. The van der Waals surface area contributed by atoms with Gasteiger partial charge < -0.3 is 9.87 Å². The molecule has 0 bridgehead atoms. The average Bonchev–Trinajstić information content (AvgIpc) is 2.04. The van der Waals surface area contributed by atoms with E-state index < -0.39 is 10.1 Å². The van der Waals surface area contributed by atoms with Crippen LogP contribution in [0.3, 0.4) is 0 Å². The summed E-state index contributed by atoms with van der Waals surface area (Å²) in [6, 6.07) is 6.05. The number of hydrogen-bond acceptors (Lipinski definition) is 4. The first-order chi connectivity index (χ1) is 6.05. The van der Waals surface area contributed by atoms with E-state index in [-0.39, 0.29) is 34.5 Å². The third-order valence-electron chi connectivity index (χ3n) is 1.52. The van der Waals surface area contributed by atoms with E-state index in [0.717, 1.165) is 0 Å². The van der Waals surface area contributed by atoms with Crippen molar-refractivity contribution in [3.8, 4) is 0 Å². The Morgan fingerprint density at radius 2 is 1.93 bits per heavy atom. The molecule has 0 spiro atoms. The summed E-state index contributed by atoms with van der Waals surface area (Å²) >= 11 is 0. The Kier molecular flexibility index (Phi) is 5.70. The van der Waals surface area contributed by atoms with Gasteiger partial charge in [-0.25, -0.2) is 8.42 Å². The van der Waals surface area contributed by atoms with Crippen LogP contribution in [-0.4, -0.2) is 19.5 Å². The van der Waals surface area contributed by atoms with Crippen LogP contribution in [0.5, 0.6) is 0 Å². The van der Waals surface area contributed by atoms with E-state index in [9.17, 15) is 13.0 Å². The third-order valence-corrected chi connectivity index (χ3v) is 2.42. The van der Waals surface area contributed by atoms with E-state index >= 15 is 0 Å². The molecule has 0 radical (unpaired) electrons. The Labute approximate surface area is 106 Å². The van der Waals surface area contributed by atoms with Gasteiger partial charge in [-0.05, 0) is 19.1 Å². The van der Waals surface area contributed by atoms with Crippen molar-refractivity contribution < 1.29 is 42.5 Å². The minimum Gasteiger partial charge on any atom is -0.744 e. The van der Waals surface area contributed by atoms with Crippen molar-refractivity contribution in [2.75, 3.05) is 11.9 Å². The fourth-order valence-corrected chi connectivity index (χ4v) is 1.68. The molecule has 0 atom stereocenters. The number of rotatable bonds is 3. The molecule has 1 aromatic carbocycles. The normalized spacial score (nSPS) is 10.4. The molecular weight excluding hydrogens is 213 g/mol. The SMILES string of the molecule is CCNc1ccccc1S(=O)(=O)[O-].[Na+]. The summed E-state index contributed by atoms with van der Waals surface area (Å²) in [5.41, 5.74) is 0.361. The number of hydrogen-bond donors (Lipinski definition) is 1. The summed E-state index contributed by atoms with van der Waals surface area (Å²) in [6.07, 6.45) is 0. The standard InChI is InChI=1S/C8H11NO3S.Na/c1-2-9-7-5-3-4-6-8(7)13(10,11)12;/h3-6,9H,2H2,1H3,(H,10,11,12);/q;+1/p-1. The summed E-state index contributed by atoms with van der Waals surface area (Å²) < 4.78 is 32.2. The van der Waals surface area contributed by atoms with Gasteiger partial charge in [-0.3, -0.25) is 0 Å². The Morgan fingerprint density at radius 1 is 1.36 bits per heavy atom. The molecule has 14 heavy (non-hydrogen) atoms. The zero-order valence-electron chi connectivity index (χ0n) is 8.15. The second kappa shape index (κ2) is 5.72. The molecule has 0 aliphatic rings. The first-order valence-electron chi connectivity index (χ1n) is 3.84. The van der Waals surface area contributed by atoms with Crippen molar-refractivity contribution in [2.24, 2.45) is 0 Å². The molecule has 1 rings (SSSR count). The maximum absolute atomic E-state index is 10.7. The third kappa shape index (κ3) is 3.59. The Morgan fingerprint density at radius 3 is 2.43 bits per heavy atom.